The molecule has 0 aromatic rings. The fourth-order valence-corrected chi connectivity index (χ4v) is 5.36. The maximum atomic E-state index is 5.67. The molecule has 2 nitrogen and oxygen atoms in total. The van der Waals surface area contributed by atoms with Gasteiger partial charge < -0.3 is 9.47 Å². The maximum Gasteiger partial charge on any atom is 0.174 e. The van der Waals surface area contributed by atoms with Crippen molar-refractivity contribution in [3.05, 3.63) is 11.3 Å². The molecule has 2 aliphatic carbocycles. The van der Waals surface area contributed by atoms with Gasteiger partial charge in [0.05, 0.1) is 8.07 Å². The van der Waals surface area contributed by atoms with Gasteiger partial charge in [-0.05, 0) is 12.3 Å². The van der Waals surface area contributed by atoms with E-state index in [4.69, 9.17) is 9.47 Å². The minimum absolute atomic E-state index is 0.310. The van der Waals surface area contributed by atoms with Crippen molar-refractivity contribution in [2.75, 3.05) is 14.2 Å². The third kappa shape index (κ3) is 1.61. The van der Waals surface area contributed by atoms with E-state index in [1.54, 1.807) is 19.4 Å². The van der Waals surface area contributed by atoms with Crippen molar-refractivity contribution in [2.45, 2.75) is 38.3 Å². The van der Waals surface area contributed by atoms with Crippen molar-refractivity contribution in [3.63, 3.8) is 0 Å². The summed E-state index contributed by atoms with van der Waals surface area (Å²) >= 11 is 0. The van der Waals surface area contributed by atoms with Gasteiger partial charge in [-0.15, -0.1) is 0 Å². The summed E-state index contributed by atoms with van der Waals surface area (Å²) < 4.78 is 11.3. The Morgan fingerprint density at radius 3 is 2.27 bits per heavy atom. The average Bonchev–Trinajstić information content (AvgIpc) is 2.73. The highest BCUT2D eigenvalue weighted by atomic mass is 28.3. The van der Waals surface area contributed by atoms with E-state index in [-0.39, 0.29) is 5.79 Å². The summed E-state index contributed by atoms with van der Waals surface area (Å²) in [4.78, 5) is 0. The molecular weight excluding hydrogens is 204 g/mol. The zero-order valence-corrected chi connectivity index (χ0v) is 11.5. The molecule has 2 unspecified atom stereocenters. The quantitative estimate of drug-likeness (QED) is 0.544. The monoisotopic (exact) mass is 226 g/mol. The highest BCUT2D eigenvalue weighted by Crippen LogP contribution is 2.54. The van der Waals surface area contributed by atoms with Crippen LogP contribution in [0.5, 0.6) is 0 Å². The van der Waals surface area contributed by atoms with Crippen molar-refractivity contribution in [1.29, 1.82) is 0 Å². The summed E-state index contributed by atoms with van der Waals surface area (Å²) in [5, 5.41) is 1.66. The number of rotatable bonds is 3. The van der Waals surface area contributed by atoms with Crippen molar-refractivity contribution in [2.24, 2.45) is 11.8 Å². The summed E-state index contributed by atoms with van der Waals surface area (Å²) in [6, 6.07) is 0. The van der Waals surface area contributed by atoms with E-state index in [2.05, 4.69) is 25.7 Å². The van der Waals surface area contributed by atoms with Crippen LogP contribution in [-0.2, 0) is 9.47 Å². The molecule has 0 saturated heterocycles. The third-order valence-electron chi connectivity index (χ3n) is 3.96. The van der Waals surface area contributed by atoms with Gasteiger partial charge in [-0.1, -0.05) is 30.9 Å². The molecule has 15 heavy (non-hydrogen) atoms. The predicted octanol–water partition coefficient (Wildman–Crippen LogP) is 2.82. The average molecular weight is 226 g/mol. The Morgan fingerprint density at radius 1 is 1.27 bits per heavy atom. The molecular formula is C12H22O2Si. The number of methoxy groups -OCH3 is 2. The number of hydrogen-bond acceptors (Lipinski definition) is 2. The summed E-state index contributed by atoms with van der Waals surface area (Å²) in [7, 11) is 2.37. The molecule has 0 amide bonds. The molecule has 2 rings (SSSR count). The SMILES string of the molecule is COC1(OC)CC2C=C([Si](C)(C)C)C1C2. The van der Waals surface area contributed by atoms with Gasteiger partial charge in [-0.3, -0.25) is 0 Å². The Morgan fingerprint density at radius 2 is 1.87 bits per heavy atom. The van der Waals surface area contributed by atoms with Crippen LogP contribution >= 0.6 is 0 Å². The number of allylic oxidation sites excluding steroid dienone is 1. The number of hydrogen-bond donors (Lipinski definition) is 0. The smallest absolute Gasteiger partial charge is 0.174 e. The molecule has 0 spiro atoms. The fraction of sp³-hybridized carbons (Fsp3) is 0.833. The number of ether oxygens (including phenoxy) is 2. The Hall–Kier alpha value is -0.123. The van der Waals surface area contributed by atoms with Crippen LogP contribution in [0.15, 0.2) is 11.3 Å². The van der Waals surface area contributed by atoms with E-state index < -0.39 is 8.07 Å². The Bertz CT molecular complexity index is 286. The standard InChI is InChI=1S/C12H22O2Si/c1-13-12(14-2)8-9-6-10(12)11(7-9)15(3,4)5/h7,9-10H,6,8H2,1-5H3. The molecule has 0 heterocycles. The minimum Gasteiger partial charge on any atom is -0.353 e. The molecule has 0 aromatic heterocycles. The van der Waals surface area contributed by atoms with E-state index >= 15 is 0 Å². The lowest BCUT2D eigenvalue weighted by atomic mass is 9.99. The van der Waals surface area contributed by atoms with Gasteiger partial charge >= 0.3 is 0 Å². The van der Waals surface area contributed by atoms with E-state index in [9.17, 15) is 0 Å². The lowest BCUT2D eigenvalue weighted by Gasteiger charge is -2.39. The second kappa shape index (κ2) is 3.44. The van der Waals surface area contributed by atoms with E-state index in [1.165, 1.54) is 6.42 Å². The lowest BCUT2D eigenvalue weighted by molar-refractivity contribution is -0.222. The van der Waals surface area contributed by atoms with Crippen molar-refractivity contribution < 1.29 is 9.47 Å². The first-order valence-corrected chi connectivity index (χ1v) is 9.25. The largest absolute Gasteiger partial charge is 0.353 e. The van der Waals surface area contributed by atoms with Gasteiger partial charge in [0.15, 0.2) is 5.79 Å². The van der Waals surface area contributed by atoms with Crippen LogP contribution in [0.25, 0.3) is 0 Å². The van der Waals surface area contributed by atoms with Crippen LogP contribution in [0.2, 0.25) is 19.6 Å². The molecule has 0 radical (unpaired) electrons. The highest BCUT2D eigenvalue weighted by Gasteiger charge is 2.54. The van der Waals surface area contributed by atoms with Gasteiger partial charge in [-0.25, -0.2) is 0 Å². The summed E-state index contributed by atoms with van der Waals surface area (Å²) in [6.45, 7) is 7.24. The maximum absolute atomic E-state index is 5.67. The van der Waals surface area contributed by atoms with Crippen molar-refractivity contribution >= 4 is 8.07 Å². The van der Waals surface area contributed by atoms with Crippen LogP contribution in [0.4, 0.5) is 0 Å². The van der Waals surface area contributed by atoms with E-state index in [0.717, 1.165) is 6.42 Å². The van der Waals surface area contributed by atoms with Gasteiger partial charge in [-0.2, -0.15) is 0 Å². The first kappa shape index (κ1) is 11.4. The molecule has 0 aromatic carbocycles. The molecule has 0 aliphatic heterocycles. The molecule has 2 aliphatic rings. The molecule has 1 saturated carbocycles. The molecule has 2 bridgehead atoms. The van der Waals surface area contributed by atoms with E-state index in [0.29, 0.717) is 11.8 Å². The van der Waals surface area contributed by atoms with Crippen molar-refractivity contribution in [3.8, 4) is 0 Å². The lowest BCUT2D eigenvalue weighted by Crippen LogP contribution is -2.44. The second-order valence-corrected chi connectivity index (χ2v) is 10.9. The Kier molecular flexibility index (Phi) is 2.60. The van der Waals surface area contributed by atoms with Gasteiger partial charge in [0.25, 0.3) is 0 Å². The summed E-state index contributed by atoms with van der Waals surface area (Å²) in [5.41, 5.74) is 0. The van der Waals surface area contributed by atoms with Gasteiger partial charge in [0, 0.05) is 26.6 Å². The molecule has 86 valence electrons. The predicted molar refractivity (Wildman–Crippen MR) is 64.4 cm³/mol. The number of fused-ring (bicyclic) bond motifs is 2. The highest BCUT2D eigenvalue weighted by molar-refractivity contribution is 6.83. The van der Waals surface area contributed by atoms with Crippen LogP contribution < -0.4 is 0 Å². The summed E-state index contributed by atoms with van der Waals surface area (Å²) in [5.74, 6) is 0.899. The normalized spacial score (nSPS) is 33.3. The first-order chi connectivity index (χ1) is 6.93. The third-order valence-corrected chi connectivity index (χ3v) is 6.21. The first-order valence-electron chi connectivity index (χ1n) is 5.75. The Labute approximate surface area is 93.7 Å². The topological polar surface area (TPSA) is 18.5 Å². The molecule has 0 N–H and O–H groups in total. The molecule has 1 fully saturated rings. The zero-order valence-electron chi connectivity index (χ0n) is 10.5. The van der Waals surface area contributed by atoms with Gasteiger partial charge in [0.1, 0.15) is 0 Å². The van der Waals surface area contributed by atoms with Crippen LogP contribution in [-0.4, -0.2) is 28.1 Å². The van der Waals surface area contributed by atoms with Crippen LogP contribution in [0.3, 0.4) is 0 Å². The Balaban J connectivity index is 2.31. The van der Waals surface area contributed by atoms with Crippen molar-refractivity contribution in [1.82, 2.24) is 0 Å². The van der Waals surface area contributed by atoms with E-state index in [1.807, 2.05) is 0 Å². The fourth-order valence-electron chi connectivity index (χ4n) is 3.24. The van der Waals surface area contributed by atoms with Crippen LogP contribution in [0.1, 0.15) is 12.8 Å². The zero-order chi connectivity index (χ0) is 11.3. The minimum atomic E-state index is -1.20. The molecule has 3 heteroatoms. The van der Waals surface area contributed by atoms with Gasteiger partial charge in [0.2, 0.25) is 0 Å². The molecule has 2 atom stereocenters. The second-order valence-electron chi connectivity index (χ2n) is 5.84. The summed E-state index contributed by atoms with van der Waals surface area (Å²) in [6.07, 6.45) is 4.78. The van der Waals surface area contributed by atoms with Crippen LogP contribution in [0, 0.1) is 11.8 Å².